The van der Waals surface area contributed by atoms with E-state index in [9.17, 15) is 0 Å². The summed E-state index contributed by atoms with van der Waals surface area (Å²) in [6.45, 7) is 10.4. The highest BCUT2D eigenvalue weighted by molar-refractivity contribution is 7.13. The third-order valence-corrected chi connectivity index (χ3v) is 4.00. The summed E-state index contributed by atoms with van der Waals surface area (Å²) in [5.41, 5.74) is 2.52. The number of thiophene rings is 1. The Morgan fingerprint density at radius 3 is 2.50 bits per heavy atom. The Morgan fingerprint density at radius 2 is 1.94 bits per heavy atom. The lowest BCUT2D eigenvalue weighted by molar-refractivity contribution is 1.41. The SMILES string of the molecule is C=c1cc(C)cc/c1=C/C(=C\C)c1ccc(C)s1. The Balaban J connectivity index is 2.51. The molecule has 0 spiro atoms. The van der Waals surface area contributed by atoms with Crippen molar-refractivity contribution in [2.45, 2.75) is 20.8 Å². The summed E-state index contributed by atoms with van der Waals surface area (Å²) in [6.07, 6.45) is 4.37. The van der Waals surface area contributed by atoms with Gasteiger partial charge in [0.05, 0.1) is 0 Å². The molecule has 1 heteroatoms. The van der Waals surface area contributed by atoms with Crippen molar-refractivity contribution in [3.05, 3.63) is 62.2 Å². The largest absolute Gasteiger partial charge is 0.141 e. The molecule has 2 rings (SSSR count). The molecule has 1 heterocycles. The molecule has 2 aromatic rings. The van der Waals surface area contributed by atoms with Crippen molar-refractivity contribution in [2.24, 2.45) is 0 Å². The molecule has 1 aromatic carbocycles. The summed E-state index contributed by atoms with van der Waals surface area (Å²) in [5.74, 6) is 0. The molecular weight excluding hydrogens is 236 g/mol. The molecular formula is C17H18S. The molecule has 0 saturated heterocycles. The van der Waals surface area contributed by atoms with Gasteiger partial charge >= 0.3 is 0 Å². The first-order chi connectivity index (χ1) is 8.60. The predicted molar refractivity (Wildman–Crippen MR) is 83.1 cm³/mol. The average molecular weight is 254 g/mol. The molecule has 0 nitrogen and oxygen atoms in total. The maximum atomic E-state index is 4.11. The van der Waals surface area contributed by atoms with Crippen molar-refractivity contribution in [3.8, 4) is 0 Å². The zero-order valence-electron chi connectivity index (χ0n) is 11.2. The topological polar surface area (TPSA) is 0 Å². The minimum atomic E-state index is 1.09. The van der Waals surface area contributed by atoms with Crippen LogP contribution in [0.5, 0.6) is 0 Å². The fourth-order valence-electron chi connectivity index (χ4n) is 1.93. The Hall–Kier alpha value is -1.60. The van der Waals surface area contributed by atoms with E-state index in [0.29, 0.717) is 0 Å². The summed E-state index contributed by atoms with van der Waals surface area (Å²) in [4.78, 5) is 2.66. The van der Waals surface area contributed by atoms with E-state index in [1.807, 2.05) is 11.3 Å². The molecule has 92 valence electrons. The highest BCUT2D eigenvalue weighted by atomic mass is 32.1. The second kappa shape index (κ2) is 5.36. The highest BCUT2D eigenvalue weighted by Gasteiger charge is 2.00. The molecule has 0 bridgehead atoms. The standard InChI is InChI=1S/C17H18S/c1-5-15(17-9-7-14(4)18-17)11-16-8-6-12(2)10-13(16)3/h5-11H,3H2,1-2,4H3/b15-5+,16-11-. The fraction of sp³-hybridized carbons (Fsp3) is 0.176. The van der Waals surface area contributed by atoms with E-state index in [1.165, 1.54) is 26.1 Å². The molecule has 0 N–H and O–H groups in total. The van der Waals surface area contributed by atoms with Crippen LogP contribution in [0.2, 0.25) is 0 Å². The van der Waals surface area contributed by atoms with Gasteiger partial charge in [-0.15, -0.1) is 11.3 Å². The Labute approximate surface area is 113 Å². The van der Waals surface area contributed by atoms with Crippen molar-refractivity contribution in [1.29, 1.82) is 0 Å². The van der Waals surface area contributed by atoms with Gasteiger partial charge in [-0.25, -0.2) is 0 Å². The van der Waals surface area contributed by atoms with Gasteiger partial charge < -0.3 is 0 Å². The summed E-state index contributed by atoms with van der Waals surface area (Å²) < 4.78 is 0. The van der Waals surface area contributed by atoms with Crippen LogP contribution in [0.15, 0.2) is 36.4 Å². The maximum Gasteiger partial charge on any atom is 0.0342 e. The molecule has 0 saturated carbocycles. The van der Waals surface area contributed by atoms with Gasteiger partial charge in [-0.1, -0.05) is 36.4 Å². The third-order valence-electron chi connectivity index (χ3n) is 2.95. The van der Waals surface area contributed by atoms with Crippen LogP contribution in [0.3, 0.4) is 0 Å². The van der Waals surface area contributed by atoms with Crippen molar-refractivity contribution in [3.63, 3.8) is 0 Å². The van der Waals surface area contributed by atoms with E-state index in [4.69, 9.17) is 0 Å². The van der Waals surface area contributed by atoms with Gasteiger partial charge in [-0.05, 0) is 55.0 Å². The number of hydrogen-bond acceptors (Lipinski definition) is 1. The summed E-state index contributed by atoms with van der Waals surface area (Å²) in [7, 11) is 0. The molecule has 1 aromatic heterocycles. The summed E-state index contributed by atoms with van der Waals surface area (Å²) in [6, 6.07) is 10.7. The normalized spacial score (nSPS) is 13.1. The van der Waals surface area contributed by atoms with Crippen LogP contribution in [-0.2, 0) is 0 Å². The number of benzene rings is 1. The van der Waals surface area contributed by atoms with E-state index < -0.39 is 0 Å². The van der Waals surface area contributed by atoms with Crippen molar-refractivity contribution in [1.82, 2.24) is 0 Å². The Morgan fingerprint density at radius 1 is 1.17 bits per heavy atom. The van der Waals surface area contributed by atoms with Crippen LogP contribution in [-0.4, -0.2) is 0 Å². The molecule has 0 amide bonds. The van der Waals surface area contributed by atoms with E-state index in [-0.39, 0.29) is 0 Å². The van der Waals surface area contributed by atoms with Gasteiger partial charge in [-0.3, -0.25) is 0 Å². The van der Waals surface area contributed by atoms with Crippen molar-refractivity contribution >= 4 is 29.6 Å². The van der Waals surface area contributed by atoms with Crippen LogP contribution in [0.1, 0.15) is 22.2 Å². The lowest BCUT2D eigenvalue weighted by Crippen LogP contribution is -2.22. The number of allylic oxidation sites excluding steroid dienone is 2. The Kier molecular flexibility index (Phi) is 3.83. The van der Waals surface area contributed by atoms with Crippen LogP contribution in [0.25, 0.3) is 18.2 Å². The minimum absolute atomic E-state index is 1.09. The third kappa shape index (κ3) is 2.80. The monoisotopic (exact) mass is 254 g/mol. The molecule has 0 aliphatic heterocycles. The zero-order chi connectivity index (χ0) is 13.1. The number of rotatable bonds is 2. The molecule has 0 atom stereocenters. The second-order valence-electron chi connectivity index (χ2n) is 4.50. The molecule has 18 heavy (non-hydrogen) atoms. The molecule has 0 aliphatic rings. The van der Waals surface area contributed by atoms with Crippen LogP contribution in [0, 0.1) is 13.8 Å². The summed E-state index contributed by atoms with van der Waals surface area (Å²) in [5, 5.41) is 2.28. The number of hydrogen-bond donors (Lipinski definition) is 0. The van der Waals surface area contributed by atoms with Gasteiger partial charge in [0.1, 0.15) is 0 Å². The van der Waals surface area contributed by atoms with E-state index in [0.717, 1.165) is 5.22 Å². The first-order valence-electron chi connectivity index (χ1n) is 6.10. The van der Waals surface area contributed by atoms with E-state index in [1.54, 1.807) is 0 Å². The molecule has 0 unspecified atom stereocenters. The second-order valence-corrected chi connectivity index (χ2v) is 5.79. The zero-order valence-corrected chi connectivity index (χ0v) is 12.0. The maximum absolute atomic E-state index is 4.11. The first-order valence-corrected chi connectivity index (χ1v) is 6.92. The van der Waals surface area contributed by atoms with Crippen LogP contribution in [0.4, 0.5) is 0 Å². The van der Waals surface area contributed by atoms with Gasteiger partial charge in [0.15, 0.2) is 0 Å². The number of aryl methyl sites for hydroxylation is 2. The van der Waals surface area contributed by atoms with Crippen molar-refractivity contribution < 1.29 is 0 Å². The lowest BCUT2D eigenvalue weighted by Gasteiger charge is -1.98. The quantitative estimate of drug-likeness (QED) is 0.767. The smallest absolute Gasteiger partial charge is 0.0342 e. The van der Waals surface area contributed by atoms with Gasteiger partial charge in [-0.2, -0.15) is 0 Å². The average Bonchev–Trinajstić information content (AvgIpc) is 2.75. The molecule has 0 aliphatic carbocycles. The fourth-order valence-corrected chi connectivity index (χ4v) is 2.84. The van der Waals surface area contributed by atoms with Gasteiger partial charge in [0.25, 0.3) is 0 Å². The van der Waals surface area contributed by atoms with Crippen LogP contribution < -0.4 is 10.4 Å². The lowest BCUT2D eigenvalue weighted by atomic mass is 10.1. The predicted octanol–water partition coefficient (Wildman–Crippen LogP) is 3.66. The van der Waals surface area contributed by atoms with Crippen LogP contribution >= 0.6 is 11.3 Å². The van der Waals surface area contributed by atoms with E-state index in [2.05, 4.69) is 69.8 Å². The highest BCUT2D eigenvalue weighted by Crippen LogP contribution is 2.24. The van der Waals surface area contributed by atoms with Crippen molar-refractivity contribution in [2.75, 3.05) is 0 Å². The molecule has 0 radical (unpaired) electrons. The Bertz CT molecular complexity index is 687. The minimum Gasteiger partial charge on any atom is -0.141 e. The van der Waals surface area contributed by atoms with E-state index >= 15 is 0 Å². The first kappa shape index (κ1) is 12.8. The van der Waals surface area contributed by atoms with Gasteiger partial charge in [0.2, 0.25) is 0 Å². The summed E-state index contributed by atoms with van der Waals surface area (Å²) >= 11 is 1.83. The van der Waals surface area contributed by atoms with Gasteiger partial charge in [0, 0.05) is 9.75 Å². The molecule has 0 fully saturated rings.